The van der Waals surface area contributed by atoms with E-state index in [1.807, 2.05) is 6.07 Å². The van der Waals surface area contributed by atoms with Crippen molar-refractivity contribution in [1.82, 2.24) is 15.2 Å². The largest absolute Gasteiger partial charge is 0.252 e. The highest BCUT2D eigenvalue weighted by molar-refractivity contribution is 9.10. The summed E-state index contributed by atoms with van der Waals surface area (Å²) >= 11 is 9.06. The normalized spacial score (nSPS) is 10.5. The van der Waals surface area contributed by atoms with Crippen molar-refractivity contribution in [1.29, 1.82) is 0 Å². The van der Waals surface area contributed by atoms with Crippen LogP contribution >= 0.6 is 27.5 Å². The maximum Gasteiger partial charge on any atom is 0.177 e. The third-order valence-corrected chi connectivity index (χ3v) is 2.11. The lowest BCUT2D eigenvalue weighted by molar-refractivity contribution is 1.04. The number of hydrogen-bond donors (Lipinski definition) is 0. The van der Waals surface area contributed by atoms with Crippen LogP contribution in [0.3, 0.4) is 0 Å². The van der Waals surface area contributed by atoms with Crippen molar-refractivity contribution in [2.75, 3.05) is 0 Å². The van der Waals surface area contributed by atoms with Gasteiger partial charge in [0, 0.05) is 16.1 Å². The molecule has 2 aromatic heterocycles. The fourth-order valence-corrected chi connectivity index (χ4v) is 1.47. The van der Waals surface area contributed by atoms with Crippen molar-refractivity contribution in [2.24, 2.45) is 0 Å². The van der Waals surface area contributed by atoms with Gasteiger partial charge in [-0.2, -0.15) is 5.10 Å². The first kappa shape index (κ1) is 7.89. The van der Waals surface area contributed by atoms with Gasteiger partial charge in [0.25, 0.3) is 0 Å². The van der Waals surface area contributed by atoms with Gasteiger partial charge < -0.3 is 0 Å². The summed E-state index contributed by atoms with van der Waals surface area (Å²) in [5.41, 5.74) is 0.676. The summed E-state index contributed by atoms with van der Waals surface area (Å²) in [5.74, 6) is 0. The highest BCUT2D eigenvalue weighted by Crippen LogP contribution is 2.20. The predicted octanol–water partition coefficient (Wildman–Crippen LogP) is 2.44. The molecule has 0 atom stereocenters. The van der Waals surface area contributed by atoms with E-state index in [9.17, 15) is 0 Å². The highest BCUT2D eigenvalue weighted by Gasteiger charge is 2.01. The molecule has 2 rings (SSSR count). The molecule has 0 aliphatic heterocycles. The summed E-state index contributed by atoms with van der Waals surface area (Å²) in [7, 11) is 0. The summed E-state index contributed by atoms with van der Waals surface area (Å²) in [4.78, 5) is 4.10. The topological polar surface area (TPSA) is 38.7 Å². The van der Waals surface area contributed by atoms with Gasteiger partial charge in [0.05, 0.1) is 6.20 Å². The molecular weight excluding hydrogens is 241 g/mol. The minimum absolute atomic E-state index is 0.333. The molecular formula is C7H3BrClN3. The van der Waals surface area contributed by atoms with Crippen LogP contribution in [0.5, 0.6) is 0 Å². The third kappa shape index (κ3) is 1.28. The van der Waals surface area contributed by atoms with Crippen molar-refractivity contribution in [3.8, 4) is 0 Å². The Morgan fingerprint density at radius 3 is 3.00 bits per heavy atom. The third-order valence-electron chi connectivity index (χ3n) is 1.42. The summed E-state index contributed by atoms with van der Waals surface area (Å²) in [6.07, 6.45) is 3.30. The Bertz CT molecular complexity index is 432. The van der Waals surface area contributed by atoms with Gasteiger partial charge in [-0.15, -0.1) is 5.10 Å². The van der Waals surface area contributed by atoms with Crippen LogP contribution in [0.4, 0.5) is 0 Å². The van der Waals surface area contributed by atoms with E-state index in [0.717, 1.165) is 9.86 Å². The average Bonchev–Trinajstić information content (AvgIpc) is 2.04. The van der Waals surface area contributed by atoms with Crippen molar-refractivity contribution in [2.45, 2.75) is 0 Å². The molecule has 0 aromatic carbocycles. The van der Waals surface area contributed by atoms with Crippen molar-refractivity contribution >= 4 is 38.4 Å². The van der Waals surface area contributed by atoms with Gasteiger partial charge in [-0.05, 0) is 22.0 Å². The highest BCUT2D eigenvalue weighted by atomic mass is 79.9. The summed E-state index contributed by atoms with van der Waals surface area (Å²) in [5, 5.41) is 8.60. The number of hydrogen-bond acceptors (Lipinski definition) is 3. The zero-order chi connectivity index (χ0) is 8.55. The Morgan fingerprint density at radius 1 is 1.33 bits per heavy atom. The van der Waals surface area contributed by atoms with E-state index < -0.39 is 0 Å². The maximum absolute atomic E-state index is 5.76. The molecule has 12 heavy (non-hydrogen) atoms. The average molecular weight is 244 g/mol. The van der Waals surface area contributed by atoms with Gasteiger partial charge >= 0.3 is 0 Å². The van der Waals surface area contributed by atoms with E-state index in [-0.39, 0.29) is 0 Å². The first-order valence-corrected chi connectivity index (χ1v) is 4.37. The summed E-state index contributed by atoms with van der Waals surface area (Å²) < 4.78 is 0.902. The SMILES string of the molecule is Clc1nncc2cc(Br)cnc12. The molecule has 0 spiro atoms. The number of rotatable bonds is 0. The molecule has 0 aliphatic carbocycles. The Labute approximate surface area is 81.9 Å². The Kier molecular flexibility index (Phi) is 1.94. The second-order valence-corrected chi connectivity index (χ2v) is 3.50. The summed E-state index contributed by atoms with van der Waals surface area (Å²) in [6, 6.07) is 1.89. The monoisotopic (exact) mass is 243 g/mol. The first-order chi connectivity index (χ1) is 5.77. The molecule has 60 valence electrons. The van der Waals surface area contributed by atoms with Gasteiger partial charge in [-0.3, -0.25) is 4.98 Å². The van der Waals surface area contributed by atoms with Crippen molar-refractivity contribution < 1.29 is 0 Å². The number of fused-ring (bicyclic) bond motifs is 1. The fraction of sp³-hybridized carbons (Fsp3) is 0. The lowest BCUT2D eigenvalue weighted by atomic mass is 10.3. The summed E-state index contributed by atoms with van der Waals surface area (Å²) in [6.45, 7) is 0. The zero-order valence-electron chi connectivity index (χ0n) is 5.83. The number of halogens is 2. The van der Waals surface area contributed by atoms with Crippen LogP contribution in [-0.2, 0) is 0 Å². The fourth-order valence-electron chi connectivity index (χ4n) is 0.915. The Balaban J connectivity index is 2.86. The van der Waals surface area contributed by atoms with Crippen LogP contribution in [0.15, 0.2) is 22.9 Å². The minimum Gasteiger partial charge on any atom is -0.252 e. The van der Waals surface area contributed by atoms with Gasteiger partial charge in [-0.1, -0.05) is 11.6 Å². The van der Waals surface area contributed by atoms with Crippen molar-refractivity contribution in [3.63, 3.8) is 0 Å². The van der Waals surface area contributed by atoms with Gasteiger partial charge in [0.2, 0.25) is 0 Å². The molecule has 0 unspecified atom stereocenters. The van der Waals surface area contributed by atoms with E-state index in [1.54, 1.807) is 12.4 Å². The van der Waals surface area contributed by atoms with E-state index >= 15 is 0 Å². The van der Waals surface area contributed by atoms with Crippen LogP contribution in [0, 0.1) is 0 Å². The van der Waals surface area contributed by atoms with Crippen LogP contribution in [0.2, 0.25) is 5.15 Å². The number of nitrogens with zero attached hydrogens (tertiary/aromatic N) is 3. The molecule has 2 heterocycles. The van der Waals surface area contributed by atoms with Gasteiger partial charge in [-0.25, -0.2) is 0 Å². The maximum atomic E-state index is 5.76. The lowest BCUT2D eigenvalue weighted by Crippen LogP contribution is -1.86. The molecule has 0 N–H and O–H groups in total. The number of aromatic nitrogens is 3. The van der Waals surface area contributed by atoms with Crippen LogP contribution in [-0.4, -0.2) is 15.2 Å². The second-order valence-electron chi connectivity index (χ2n) is 2.23. The Hall–Kier alpha value is -0.740. The Morgan fingerprint density at radius 2 is 2.17 bits per heavy atom. The minimum atomic E-state index is 0.333. The first-order valence-electron chi connectivity index (χ1n) is 3.20. The van der Waals surface area contributed by atoms with Gasteiger partial charge in [0.1, 0.15) is 5.52 Å². The molecule has 0 radical (unpaired) electrons. The molecule has 0 amide bonds. The van der Waals surface area contributed by atoms with E-state index in [1.165, 1.54) is 0 Å². The molecule has 0 bridgehead atoms. The van der Waals surface area contributed by atoms with Crippen LogP contribution in [0.1, 0.15) is 0 Å². The van der Waals surface area contributed by atoms with E-state index in [0.29, 0.717) is 10.7 Å². The van der Waals surface area contributed by atoms with E-state index in [2.05, 4.69) is 31.1 Å². The quantitative estimate of drug-likeness (QED) is 0.714. The zero-order valence-corrected chi connectivity index (χ0v) is 8.17. The van der Waals surface area contributed by atoms with Crippen LogP contribution < -0.4 is 0 Å². The van der Waals surface area contributed by atoms with Crippen LogP contribution in [0.25, 0.3) is 10.9 Å². The molecule has 0 saturated carbocycles. The smallest absolute Gasteiger partial charge is 0.177 e. The predicted molar refractivity (Wildman–Crippen MR) is 50.0 cm³/mol. The van der Waals surface area contributed by atoms with Crippen molar-refractivity contribution in [3.05, 3.63) is 28.1 Å². The van der Waals surface area contributed by atoms with Gasteiger partial charge in [0.15, 0.2) is 5.15 Å². The molecule has 2 aromatic rings. The molecule has 0 fully saturated rings. The molecule has 0 saturated heterocycles. The number of pyridine rings is 1. The lowest BCUT2D eigenvalue weighted by Gasteiger charge is -1.96. The van der Waals surface area contributed by atoms with E-state index in [4.69, 9.17) is 11.6 Å². The molecule has 3 nitrogen and oxygen atoms in total. The molecule has 0 aliphatic rings. The molecule has 5 heteroatoms. The second kappa shape index (κ2) is 2.95. The standard InChI is InChI=1S/C7H3BrClN3/c8-5-1-4-2-11-12-7(9)6(4)10-3-5/h1-3H.